The van der Waals surface area contributed by atoms with Crippen LogP contribution in [0.2, 0.25) is 0 Å². The summed E-state index contributed by atoms with van der Waals surface area (Å²) in [7, 11) is 2.10. The van der Waals surface area contributed by atoms with Gasteiger partial charge < -0.3 is 15.3 Å². The zero-order valence-corrected chi connectivity index (χ0v) is 11.7. The summed E-state index contributed by atoms with van der Waals surface area (Å²) < 4.78 is 0. The van der Waals surface area contributed by atoms with E-state index in [1.54, 1.807) is 24.3 Å². The molecule has 0 aromatic heterocycles. The normalized spacial score (nSPS) is 16.3. The average Bonchev–Trinajstić information content (AvgIpc) is 2.48. The van der Waals surface area contributed by atoms with Gasteiger partial charge in [-0.15, -0.1) is 0 Å². The van der Waals surface area contributed by atoms with Crippen molar-refractivity contribution < 1.29 is 9.90 Å². The molecule has 1 aromatic rings. The van der Waals surface area contributed by atoms with E-state index in [0.717, 1.165) is 31.5 Å². The number of hydrogen-bond donors (Lipinski definition) is 2. The van der Waals surface area contributed by atoms with Crippen LogP contribution in [0.15, 0.2) is 24.3 Å². The van der Waals surface area contributed by atoms with Gasteiger partial charge in [-0.1, -0.05) is 11.8 Å². The third-order valence-electron chi connectivity index (χ3n) is 3.51. The first kappa shape index (κ1) is 14.6. The average molecular weight is 272 g/mol. The van der Waals surface area contributed by atoms with E-state index in [1.807, 2.05) is 0 Å². The van der Waals surface area contributed by atoms with Crippen molar-refractivity contribution in [3.63, 3.8) is 0 Å². The van der Waals surface area contributed by atoms with Crippen LogP contribution in [0.4, 0.5) is 0 Å². The number of hydrogen-bond acceptors (Lipinski definition) is 3. The highest BCUT2D eigenvalue weighted by atomic mass is 16.2. The fourth-order valence-electron chi connectivity index (χ4n) is 2.27. The van der Waals surface area contributed by atoms with Crippen LogP contribution in [0, 0.1) is 11.8 Å². The number of likely N-dealkylation sites (tertiary alicyclic amines) is 1. The van der Waals surface area contributed by atoms with Crippen molar-refractivity contribution in [1.82, 2.24) is 10.2 Å². The number of nitrogens with one attached hydrogen (secondary N) is 1. The zero-order valence-electron chi connectivity index (χ0n) is 11.7. The zero-order chi connectivity index (χ0) is 14.4. The predicted octanol–water partition coefficient (Wildman–Crippen LogP) is 0.854. The second-order valence-corrected chi connectivity index (χ2v) is 5.09. The second-order valence-electron chi connectivity index (χ2n) is 5.09. The second kappa shape index (κ2) is 7.09. The molecule has 1 heterocycles. The van der Waals surface area contributed by atoms with Crippen LogP contribution in [0.3, 0.4) is 0 Å². The molecule has 0 bridgehead atoms. The molecule has 20 heavy (non-hydrogen) atoms. The van der Waals surface area contributed by atoms with Crippen molar-refractivity contribution >= 4 is 5.91 Å². The standard InChI is InChI=1S/C16H20N2O2/c1-18-10-8-15(9-11-18)17-16(20)14-6-4-13(5-7-14)3-2-12-19/h4-7,15,19H,8-12H2,1H3,(H,17,20). The Morgan fingerprint density at radius 1 is 1.35 bits per heavy atom. The molecule has 0 atom stereocenters. The maximum Gasteiger partial charge on any atom is 0.251 e. The minimum absolute atomic E-state index is 0.0266. The largest absolute Gasteiger partial charge is 0.384 e. The molecule has 0 spiro atoms. The molecule has 1 amide bonds. The third kappa shape index (κ3) is 4.09. The lowest BCUT2D eigenvalue weighted by Crippen LogP contribution is -2.43. The van der Waals surface area contributed by atoms with E-state index in [9.17, 15) is 4.79 Å². The number of benzene rings is 1. The first-order valence-electron chi connectivity index (χ1n) is 6.88. The molecule has 4 heteroatoms. The summed E-state index contributed by atoms with van der Waals surface area (Å²) in [6.45, 7) is 1.90. The molecular weight excluding hydrogens is 252 g/mol. The maximum atomic E-state index is 12.1. The summed E-state index contributed by atoms with van der Waals surface area (Å²) in [5, 5.41) is 11.7. The van der Waals surface area contributed by atoms with Crippen LogP contribution < -0.4 is 5.32 Å². The fourth-order valence-corrected chi connectivity index (χ4v) is 2.27. The molecule has 1 saturated heterocycles. The first-order valence-corrected chi connectivity index (χ1v) is 6.88. The van der Waals surface area contributed by atoms with Crippen molar-refractivity contribution in [3.8, 4) is 11.8 Å². The van der Waals surface area contributed by atoms with Gasteiger partial charge in [-0.2, -0.15) is 0 Å². The van der Waals surface area contributed by atoms with Gasteiger partial charge in [0.15, 0.2) is 0 Å². The molecule has 106 valence electrons. The van der Waals surface area contributed by atoms with Crippen molar-refractivity contribution in [3.05, 3.63) is 35.4 Å². The number of carbonyl (C=O) groups is 1. The van der Waals surface area contributed by atoms with E-state index in [4.69, 9.17) is 5.11 Å². The van der Waals surface area contributed by atoms with E-state index in [0.29, 0.717) is 5.56 Å². The van der Waals surface area contributed by atoms with Gasteiger partial charge in [0.05, 0.1) is 0 Å². The maximum absolute atomic E-state index is 12.1. The molecule has 0 radical (unpaired) electrons. The summed E-state index contributed by atoms with van der Waals surface area (Å²) in [6.07, 6.45) is 2.00. The Bertz CT molecular complexity index is 506. The van der Waals surface area contributed by atoms with Crippen molar-refractivity contribution in [2.24, 2.45) is 0 Å². The summed E-state index contributed by atoms with van der Waals surface area (Å²) in [5.41, 5.74) is 1.45. The van der Waals surface area contributed by atoms with Crippen LogP contribution in [0.25, 0.3) is 0 Å². The highest BCUT2D eigenvalue weighted by molar-refractivity contribution is 5.94. The van der Waals surface area contributed by atoms with Gasteiger partial charge in [-0.05, 0) is 57.2 Å². The lowest BCUT2D eigenvalue weighted by atomic mass is 10.0. The predicted molar refractivity (Wildman–Crippen MR) is 78.4 cm³/mol. The van der Waals surface area contributed by atoms with E-state index in [2.05, 4.69) is 29.1 Å². The number of piperidine rings is 1. The smallest absolute Gasteiger partial charge is 0.251 e. The Hall–Kier alpha value is -1.83. The molecule has 0 unspecified atom stereocenters. The first-order chi connectivity index (χ1) is 9.69. The van der Waals surface area contributed by atoms with Gasteiger partial charge in [-0.3, -0.25) is 4.79 Å². The molecule has 2 N–H and O–H groups in total. The minimum atomic E-state index is -0.154. The third-order valence-corrected chi connectivity index (χ3v) is 3.51. The van der Waals surface area contributed by atoms with Gasteiger partial charge >= 0.3 is 0 Å². The van der Waals surface area contributed by atoms with E-state index >= 15 is 0 Å². The van der Waals surface area contributed by atoms with Gasteiger partial charge in [0.1, 0.15) is 6.61 Å². The Morgan fingerprint density at radius 2 is 2.00 bits per heavy atom. The summed E-state index contributed by atoms with van der Waals surface area (Å²) in [5.74, 6) is 5.37. The number of rotatable bonds is 2. The lowest BCUT2D eigenvalue weighted by molar-refractivity contribution is 0.0917. The van der Waals surface area contributed by atoms with Crippen LogP contribution in [0.1, 0.15) is 28.8 Å². The van der Waals surface area contributed by atoms with Crippen LogP contribution in [0.5, 0.6) is 0 Å². The Balaban J connectivity index is 1.92. The Kier molecular flexibility index (Phi) is 5.16. The van der Waals surface area contributed by atoms with Gasteiger partial charge in [0.2, 0.25) is 0 Å². The lowest BCUT2D eigenvalue weighted by Gasteiger charge is -2.29. The fraction of sp³-hybridized carbons (Fsp3) is 0.438. The number of aliphatic hydroxyl groups excluding tert-OH is 1. The molecule has 1 aliphatic heterocycles. The van der Waals surface area contributed by atoms with Crippen LogP contribution >= 0.6 is 0 Å². The van der Waals surface area contributed by atoms with Crippen molar-refractivity contribution in [1.29, 1.82) is 0 Å². The monoisotopic (exact) mass is 272 g/mol. The summed E-state index contributed by atoms with van der Waals surface area (Å²) >= 11 is 0. The Labute approximate surface area is 119 Å². The van der Waals surface area contributed by atoms with Gasteiger partial charge in [0.25, 0.3) is 5.91 Å². The van der Waals surface area contributed by atoms with Crippen molar-refractivity contribution in [2.45, 2.75) is 18.9 Å². The van der Waals surface area contributed by atoms with E-state index in [1.165, 1.54) is 0 Å². The SMILES string of the molecule is CN1CCC(NC(=O)c2ccc(C#CCO)cc2)CC1. The number of carbonyl (C=O) groups excluding carboxylic acids is 1. The number of amides is 1. The molecule has 2 rings (SSSR count). The minimum Gasteiger partial charge on any atom is -0.384 e. The number of nitrogens with zero attached hydrogens (tertiary/aromatic N) is 1. The Morgan fingerprint density at radius 3 is 2.60 bits per heavy atom. The molecule has 0 aliphatic carbocycles. The van der Waals surface area contributed by atoms with E-state index in [-0.39, 0.29) is 18.6 Å². The molecule has 4 nitrogen and oxygen atoms in total. The van der Waals surface area contributed by atoms with Crippen LogP contribution in [-0.2, 0) is 0 Å². The van der Waals surface area contributed by atoms with E-state index < -0.39 is 0 Å². The molecule has 0 saturated carbocycles. The number of aliphatic hydroxyl groups is 1. The molecule has 1 fully saturated rings. The molecule has 1 aliphatic rings. The topological polar surface area (TPSA) is 52.6 Å². The molecular formula is C16H20N2O2. The highest BCUT2D eigenvalue weighted by Gasteiger charge is 2.18. The highest BCUT2D eigenvalue weighted by Crippen LogP contribution is 2.10. The van der Waals surface area contributed by atoms with Gasteiger partial charge in [-0.25, -0.2) is 0 Å². The molecule has 1 aromatic carbocycles. The van der Waals surface area contributed by atoms with Crippen molar-refractivity contribution in [2.75, 3.05) is 26.7 Å². The summed E-state index contributed by atoms with van der Waals surface area (Å²) in [6, 6.07) is 7.41. The van der Waals surface area contributed by atoms with Crippen LogP contribution in [-0.4, -0.2) is 48.7 Å². The summed E-state index contributed by atoms with van der Waals surface area (Å²) in [4.78, 5) is 14.4. The van der Waals surface area contributed by atoms with Gasteiger partial charge in [0, 0.05) is 17.2 Å². The quantitative estimate of drug-likeness (QED) is 0.785.